The minimum atomic E-state index is -0.486. The number of carbonyl (C=O) groups excluding carboxylic acids is 2. The lowest BCUT2D eigenvalue weighted by Crippen LogP contribution is -2.47. The van der Waals surface area contributed by atoms with Gasteiger partial charge in [0.25, 0.3) is 5.69 Å². The molecule has 1 aromatic carbocycles. The summed E-state index contributed by atoms with van der Waals surface area (Å²) in [6, 6.07) is 6.19. The Morgan fingerprint density at radius 2 is 2.00 bits per heavy atom. The SMILES string of the molecule is CCOC(=O)N1CCC(NC(=O)Cc2ccccc2[N+](=O)[O-])CC1. The van der Waals surface area contributed by atoms with Gasteiger partial charge in [0, 0.05) is 30.8 Å². The first-order valence-electron chi connectivity index (χ1n) is 7.94. The van der Waals surface area contributed by atoms with Crippen molar-refractivity contribution in [2.24, 2.45) is 0 Å². The fourth-order valence-electron chi connectivity index (χ4n) is 2.71. The predicted molar refractivity (Wildman–Crippen MR) is 86.6 cm³/mol. The second-order valence-corrected chi connectivity index (χ2v) is 5.59. The average Bonchev–Trinajstić information content (AvgIpc) is 2.56. The number of rotatable bonds is 5. The summed E-state index contributed by atoms with van der Waals surface area (Å²) < 4.78 is 4.95. The Bertz CT molecular complexity index is 611. The Kier molecular flexibility index (Phi) is 6.11. The lowest BCUT2D eigenvalue weighted by Gasteiger charge is -2.31. The third-order valence-corrected chi connectivity index (χ3v) is 3.93. The molecule has 1 heterocycles. The van der Waals surface area contributed by atoms with Gasteiger partial charge in [-0.05, 0) is 19.8 Å². The minimum Gasteiger partial charge on any atom is -0.450 e. The molecule has 24 heavy (non-hydrogen) atoms. The molecule has 0 bridgehead atoms. The van der Waals surface area contributed by atoms with Crippen molar-refractivity contribution in [3.63, 3.8) is 0 Å². The number of nitrogens with zero attached hydrogens (tertiary/aromatic N) is 2. The van der Waals surface area contributed by atoms with E-state index < -0.39 is 4.92 Å². The van der Waals surface area contributed by atoms with Crippen LogP contribution in [0.2, 0.25) is 0 Å². The van der Waals surface area contributed by atoms with E-state index in [1.54, 1.807) is 30.0 Å². The zero-order valence-corrected chi connectivity index (χ0v) is 13.6. The van der Waals surface area contributed by atoms with Crippen LogP contribution in [0.15, 0.2) is 24.3 Å². The Morgan fingerprint density at radius 3 is 2.62 bits per heavy atom. The molecule has 1 aromatic rings. The molecule has 8 nitrogen and oxygen atoms in total. The third kappa shape index (κ3) is 4.68. The highest BCUT2D eigenvalue weighted by molar-refractivity contribution is 5.80. The molecule has 1 aliphatic rings. The van der Waals surface area contributed by atoms with E-state index in [0.29, 0.717) is 38.1 Å². The highest BCUT2D eigenvalue weighted by atomic mass is 16.6. The van der Waals surface area contributed by atoms with E-state index >= 15 is 0 Å². The van der Waals surface area contributed by atoms with Crippen LogP contribution in [0.3, 0.4) is 0 Å². The highest BCUT2D eigenvalue weighted by Crippen LogP contribution is 2.18. The van der Waals surface area contributed by atoms with Crippen LogP contribution in [0.5, 0.6) is 0 Å². The Hall–Kier alpha value is -2.64. The third-order valence-electron chi connectivity index (χ3n) is 3.93. The van der Waals surface area contributed by atoms with E-state index in [1.165, 1.54) is 6.07 Å². The number of hydrogen-bond donors (Lipinski definition) is 1. The molecule has 0 aromatic heterocycles. The first kappa shape index (κ1) is 17.7. The first-order valence-corrected chi connectivity index (χ1v) is 7.94. The molecular weight excluding hydrogens is 314 g/mol. The lowest BCUT2D eigenvalue weighted by atomic mass is 10.0. The van der Waals surface area contributed by atoms with Crippen LogP contribution in [0.4, 0.5) is 10.5 Å². The standard InChI is InChI=1S/C16H21N3O5/c1-2-24-16(21)18-9-7-13(8-10-18)17-15(20)11-12-5-3-4-6-14(12)19(22)23/h3-6,13H,2,7-11H2,1H3,(H,17,20). The van der Waals surface area contributed by atoms with Crippen LogP contribution in [0.25, 0.3) is 0 Å². The van der Waals surface area contributed by atoms with Crippen molar-refractivity contribution in [3.05, 3.63) is 39.9 Å². The van der Waals surface area contributed by atoms with Gasteiger partial charge in [-0.25, -0.2) is 4.79 Å². The Morgan fingerprint density at radius 1 is 1.33 bits per heavy atom. The number of amides is 2. The van der Waals surface area contributed by atoms with E-state index in [4.69, 9.17) is 4.74 Å². The summed E-state index contributed by atoms with van der Waals surface area (Å²) in [6.45, 7) is 3.14. The van der Waals surface area contributed by atoms with Crippen LogP contribution in [0.1, 0.15) is 25.3 Å². The van der Waals surface area contributed by atoms with Crippen molar-refractivity contribution in [1.29, 1.82) is 0 Å². The fourth-order valence-corrected chi connectivity index (χ4v) is 2.71. The Balaban J connectivity index is 1.84. The van der Waals surface area contributed by atoms with Crippen LogP contribution in [-0.4, -0.2) is 47.6 Å². The molecule has 1 saturated heterocycles. The maximum Gasteiger partial charge on any atom is 0.409 e. The molecule has 2 rings (SSSR count). The molecule has 0 aliphatic carbocycles. The Labute approximate surface area is 139 Å². The van der Waals surface area contributed by atoms with Crippen LogP contribution >= 0.6 is 0 Å². The summed E-state index contributed by atoms with van der Waals surface area (Å²) in [6.07, 6.45) is 0.917. The van der Waals surface area contributed by atoms with Gasteiger partial charge < -0.3 is 15.0 Å². The smallest absolute Gasteiger partial charge is 0.409 e. The normalized spacial score (nSPS) is 15.0. The summed E-state index contributed by atoms with van der Waals surface area (Å²) >= 11 is 0. The molecule has 8 heteroatoms. The molecule has 130 valence electrons. The summed E-state index contributed by atoms with van der Waals surface area (Å²) in [7, 11) is 0. The number of nitro benzene ring substituents is 1. The minimum absolute atomic E-state index is 0.0325. The maximum absolute atomic E-state index is 12.1. The van der Waals surface area contributed by atoms with Gasteiger partial charge in [0.15, 0.2) is 0 Å². The van der Waals surface area contributed by atoms with Crippen LogP contribution in [0, 0.1) is 10.1 Å². The van der Waals surface area contributed by atoms with E-state index in [0.717, 1.165) is 0 Å². The molecule has 0 saturated carbocycles. The van der Waals surface area contributed by atoms with Gasteiger partial charge in [-0.1, -0.05) is 18.2 Å². The number of ether oxygens (including phenoxy) is 1. The molecule has 0 unspecified atom stereocenters. The number of nitro groups is 1. The van der Waals surface area contributed by atoms with Crippen molar-refractivity contribution in [3.8, 4) is 0 Å². The number of hydrogen-bond acceptors (Lipinski definition) is 5. The number of piperidine rings is 1. The number of nitrogens with one attached hydrogen (secondary N) is 1. The average molecular weight is 335 g/mol. The summed E-state index contributed by atoms with van der Waals surface area (Å²) in [4.78, 5) is 35.9. The van der Waals surface area contributed by atoms with Crippen LogP contribution in [-0.2, 0) is 16.0 Å². The van der Waals surface area contributed by atoms with Crippen molar-refractivity contribution < 1.29 is 19.2 Å². The highest BCUT2D eigenvalue weighted by Gasteiger charge is 2.25. The monoisotopic (exact) mass is 335 g/mol. The molecule has 0 radical (unpaired) electrons. The van der Waals surface area contributed by atoms with E-state index in [1.807, 2.05) is 0 Å². The number of para-hydroxylation sites is 1. The molecule has 0 atom stereocenters. The van der Waals surface area contributed by atoms with Crippen molar-refractivity contribution in [1.82, 2.24) is 10.2 Å². The molecule has 0 spiro atoms. The fraction of sp³-hybridized carbons (Fsp3) is 0.500. The van der Waals surface area contributed by atoms with E-state index in [9.17, 15) is 19.7 Å². The lowest BCUT2D eigenvalue weighted by molar-refractivity contribution is -0.385. The van der Waals surface area contributed by atoms with Gasteiger partial charge in [0.05, 0.1) is 18.0 Å². The quantitative estimate of drug-likeness (QED) is 0.654. The largest absolute Gasteiger partial charge is 0.450 e. The summed E-state index contributed by atoms with van der Waals surface area (Å²) in [5, 5.41) is 13.9. The zero-order valence-electron chi connectivity index (χ0n) is 13.6. The predicted octanol–water partition coefficient (Wildman–Crippen LogP) is 1.87. The van der Waals surface area contributed by atoms with Crippen LogP contribution < -0.4 is 5.32 Å². The second-order valence-electron chi connectivity index (χ2n) is 5.59. The van der Waals surface area contributed by atoms with Crippen molar-refractivity contribution >= 4 is 17.7 Å². The molecule has 1 fully saturated rings. The molecular formula is C16H21N3O5. The molecule has 1 aliphatic heterocycles. The van der Waals surface area contributed by atoms with Crippen molar-refractivity contribution in [2.45, 2.75) is 32.2 Å². The van der Waals surface area contributed by atoms with Gasteiger partial charge in [-0.3, -0.25) is 14.9 Å². The number of likely N-dealkylation sites (tertiary alicyclic amines) is 1. The molecule has 2 amide bonds. The maximum atomic E-state index is 12.1. The van der Waals surface area contributed by atoms with E-state index in [2.05, 4.69) is 5.32 Å². The number of benzene rings is 1. The first-order chi connectivity index (χ1) is 11.5. The second kappa shape index (κ2) is 8.28. The van der Waals surface area contributed by atoms with Gasteiger partial charge >= 0.3 is 6.09 Å². The topological polar surface area (TPSA) is 102 Å². The molecule has 1 N–H and O–H groups in total. The zero-order chi connectivity index (χ0) is 17.5. The summed E-state index contributed by atoms with van der Waals surface area (Å²) in [5.41, 5.74) is 0.341. The van der Waals surface area contributed by atoms with E-state index in [-0.39, 0.29) is 30.2 Å². The van der Waals surface area contributed by atoms with Gasteiger partial charge in [-0.15, -0.1) is 0 Å². The van der Waals surface area contributed by atoms with Gasteiger partial charge in [0.1, 0.15) is 0 Å². The van der Waals surface area contributed by atoms with Gasteiger partial charge in [0.2, 0.25) is 5.91 Å². The van der Waals surface area contributed by atoms with Crippen molar-refractivity contribution in [2.75, 3.05) is 19.7 Å². The number of carbonyl (C=O) groups is 2. The summed E-state index contributed by atoms with van der Waals surface area (Å²) in [5.74, 6) is -0.251. The van der Waals surface area contributed by atoms with Gasteiger partial charge in [-0.2, -0.15) is 0 Å².